The van der Waals surface area contributed by atoms with Crippen molar-refractivity contribution in [3.63, 3.8) is 0 Å². The molecule has 0 radical (unpaired) electrons. The van der Waals surface area contributed by atoms with Gasteiger partial charge in [-0.05, 0) is 35.4 Å². The van der Waals surface area contributed by atoms with Crippen LogP contribution in [-0.2, 0) is 32.6 Å². The van der Waals surface area contributed by atoms with Crippen LogP contribution in [0.15, 0.2) is 58.8 Å². The highest BCUT2D eigenvalue weighted by atomic mass is 35.5. The summed E-state index contributed by atoms with van der Waals surface area (Å²) in [6, 6.07) is 16.2. The van der Waals surface area contributed by atoms with E-state index >= 15 is 0 Å². The molecule has 2 aromatic heterocycles. The molecule has 0 atom stereocenters. The summed E-state index contributed by atoms with van der Waals surface area (Å²) in [5, 5.41) is 8.01. The van der Waals surface area contributed by atoms with Gasteiger partial charge >= 0.3 is 0 Å². The summed E-state index contributed by atoms with van der Waals surface area (Å²) in [5.74, 6) is 0.568. The Kier molecular flexibility index (Phi) is 8.14. The van der Waals surface area contributed by atoms with E-state index in [4.69, 9.17) is 21.1 Å². The fraction of sp³-hybridized carbons (Fsp3) is 0.250. The zero-order chi connectivity index (χ0) is 25.7. The summed E-state index contributed by atoms with van der Waals surface area (Å²) in [4.78, 5) is 11.9. The topological polar surface area (TPSA) is 112 Å². The molecular weight excluding hydrogens is 524 g/mol. The number of thiophene rings is 1. The van der Waals surface area contributed by atoms with Crippen LogP contribution in [0.4, 0.5) is 5.82 Å². The first-order valence-corrected chi connectivity index (χ1v) is 13.6. The van der Waals surface area contributed by atoms with Crippen molar-refractivity contribution >= 4 is 55.6 Å². The summed E-state index contributed by atoms with van der Waals surface area (Å²) in [7, 11) is -0.817. The third-order valence-electron chi connectivity index (χ3n) is 5.35. The molecule has 0 aliphatic rings. The quantitative estimate of drug-likeness (QED) is 0.290. The zero-order valence-electron chi connectivity index (χ0n) is 19.7. The predicted octanol–water partition coefficient (Wildman–Crippen LogP) is 4.26. The first-order chi connectivity index (χ1) is 17.3. The number of aromatic nitrogens is 2. The summed E-state index contributed by atoms with van der Waals surface area (Å²) in [6.45, 7) is 1.13. The van der Waals surface area contributed by atoms with Gasteiger partial charge in [0.05, 0.1) is 35.5 Å². The summed E-state index contributed by atoms with van der Waals surface area (Å²) < 4.78 is 41.1. The van der Waals surface area contributed by atoms with Gasteiger partial charge in [-0.1, -0.05) is 41.9 Å². The van der Waals surface area contributed by atoms with Crippen LogP contribution in [-0.4, -0.2) is 44.9 Å². The normalized spacial score (nSPS) is 11.5. The zero-order valence-corrected chi connectivity index (χ0v) is 22.0. The Balaban J connectivity index is 1.62. The standard InChI is InChI=1S/C24H25ClN4O5S2/c1-33-12-11-21(30)26-14-16-5-3-6-17(13-16)15-29-18-7-4-8-19(34-2)23(18)24(27-29)28-36(31,32)22-10-9-20(25)35-22/h3-10,13H,11-12,14-15H2,1-2H3,(H,26,30)(H,27,28). The van der Waals surface area contributed by atoms with Crippen LogP contribution < -0.4 is 14.8 Å². The lowest BCUT2D eigenvalue weighted by atomic mass is 10.1. The number of hydrogen-bond acceptors (Lipinski definition) is 7. The molecule has 0 bridgehead atoms. The number of anilines is 1. The number of carbonyl (C=O) groups is 1. The van der Waals surface area contributed by atoms with E-state index in [1.54, 1.807) is 17.9 Å². The number of sulfonamides is 1. The number of nitrogens with zero attached hydrogens (tertiary/aromatic N) is 2. The van der Waals surface area contributed by atoms with Gasteiger partial charge < -0.3 is 14.8 Å². The second-order valence-corrected chi connectivity index (χ2v) is 11.5. The van der Waals surface area contributed by atoms with Crippen molar-refractivity contribution in [3.8, 4) is 5.75 Å². The van der Waals surface area contributed by atoms with Crippen molar-refractivity contribution in [3.05, 3.63) is 70.1 Å². The summed E-state index contributed by atoms with van der Waals surface area (Å²) in [6.07, 6.45) is 0.299. The van der Waals surface area contributed by atoms with Crippen molar-refractivity contribution in [1.82, 2.24) is 15.1 Å². The molecule has 0 saturated carbocycles. The first kappa shape index (κ1) is 26.0. The molecule has 2 aromatic carbocycles. The van der Waals surface area contributed by atoms with Gasteiger partial charge in [-0.3, -0.25) is 14.2 Å². The Morgan fingerprint density at radius 1 is 1.11 bits per heavy atom. The number of amides is 1. The Morgan fingerprint density at radius 3 is 2.61 bits per heavy atom. The molecule has 0 fully saturated rings. The van der Waals surface area contributed by atoms with E-state index in [2.05, 4.69) is 15.1 Å². The number of benzene rings is 2. The number of hydrogen-bond donors (Lipinski definition) is 2. The molecule has 4 aromatic rings. The number of carbonyl (C=O) groups excluding carboxylic acids is 1. The van der Waals surface area contributed by atoms with Crippen LogP contribution >= 0.6 is 22.9 Å². The highest BCUT2D eigenvalue weighted by molar-refractivity contribution is 7.94. The number of ether oxygens (including phenoxy) is 2. The number of halogens is 1. The Morgan fingerprint density at radius 2 is 1.89 bits per heavy atom. The van der Waals surface area contributed by atoms with E-state index in [0.717, 1.165) is 22.5 Å². The molecule has 9 nitrogen and oxygen atoms in total. The highest BCUT2D eigenvalue weighted by Crippen LogP contribution is 2.35. The molecule has 2 heterocycles. The number of methoxy groups -OCH3 is 2. The second kappa shape index (κ2) is 11.3. The lowest BCUT2D eigenvalue weighted by Gasteiger charge is -2.08. The van der Waals surface area contributed by atoms with E-state index in [-0.39, 0.29) is 15.9 Å². The number of rotatable bonds is 11. The number of nitrogens with one attached hydrogen (secondary N) is 2. The van der Waals surface area contributed by atoms with Gasteiger partial charge in [0.25, 0.3) is 10.0 Å². The first-order valence-electron chi connectivity index (χ1n) is 11.0. The third-order valence-corrected chi connectivity index (χ3v) is 8.41. The molecule has 0 spiro atoms. The molecule has 12 heteroatoms. The molecule has 0 aliphatic heterocycles. The molecule has 0 unspecified atom stereocenters. The second-order valence-electron chi connectivity index (χ2n) is 7.86. The molecular formula is C24H25ClN4O5S2. The summed E-state index contributed by atoms with van der Waals surface area (Å²) >= 11 is 6.90. The van der Waals surface area contributed by atoms with Gasteiger partial charge in [-0.25, -0.2) is 8.42 Å². The van der Waals surface area contributed by atoms with Gasteiger partial charge in [-0.15, -0.1) is 11.3 Å². The van der Waals surface area contributed by atoms with Crippen LogP contribution in [0.1, 0.15) is 17.5 Å². The van der Waals surface area contributed by atoms with Gasteiger partial charge in [-0.2, -0.15) is 5.10 Å². The lowest BCUT2D eigenvalue weighted by molar-refractivity contribution is -0.122. The molecule has 36 heavy (non-hydrogen) atoms. The van der Waals surface area contributed by atoms with Gasteiger partial charge in [0.15, 0.2) is 5.82 Å². The molecule has 0 saturated heterocycles. The fourth-order valence-electron chi connectivity index (χ4n) is 3.67. The fourth-order valence-corrected chi connectivity index (χ4v) is 6.17. The highest BCUT2D eigenvalue weighted by Gasteiger charge is 2.23. The van der Waals surface area contributed by atoms with Gasteiger partial charge in [0, 0.05) is 20.1 Å². The van der Waals surface area contributed by atoms with Gasteiger partial charge in [0.2, 0.25) is 5.91 Å². The minimum atomic E-state index is -3.89. The number of fused-ring (bicyclic) bond motifs is 1. The van der Waals surface area contributed by atoms with E-state index in [1.165, 1.54) is 19.2 Å². The monoisotopic (exact) mass is 548 g/mol. The Bertz CT molecular complexity index is 1480. The van der Waals surface area contributed by atoms with E-state index < -0.39 is 10.0 Å². The molecule has 2 N–H and O–H groups in total. The van der Waals surface area contributed by atoms with Crippen LogP contribution in [0.25, 0.3) is 10.9 Å². The van der Waals surface area contributed by atoms with Crippen molar-refractivity contribution in [1.29, 1.82) is 0 Å². The smallest absolute Gasteiger partial charge is 0.272 e. The van der Waals surface area contributed by atoms with E-state index in [0.29, 0.717) is 47.1 Å². The third kappa shape index (κ3) is 5.98. The Labute approximate surface area is 218 Å². The minimum Gasteiger partial charge on any atom is -0.496 e. The lowest BCUT2D eigenvalue weighted by Crippen LogP contribution is -2.23. The molecule has 190 valence electrons. The van der Waals surface area contributed by atoms with Crippen LogP contribution in [0, 0.1) is 0 Å². The van der Waals surface area contributed by atoms with Crippen LogP contribution in [0.2, 0.25) is 4.34 Å². The minimum absolute atomic E-state index is 0.0867. The van der Waals surface area contributed by atoms with E-state index in [1.807, 2.05) is 36.4 Å². The van der Waals surface area contributed by atoms with Crippen molar-refractivity contribution in [2.24, 2.45) is 0 Å². The predicted molar refractivity (Wildman–Crippen MR) is 140 cm³/mol. The average molecular weight is 549 g/mol. The van der Waals surface area contributed by atoms with Crippen LogP contribution in [0.5, 0.6) is 5.75 Å². The molecule has 1 amide bonds. The molecule has 4 rings (SSSR count). The maximum Gasteiger partial charge on any atom is 0.272 e. The maximum absolute atomic E-state index is 13.0. The average Bonchev–Trinajstić information content (AvgIpc) is 3.45. The molecule has 0 aliphatic carbocycles. The largest absolute Gasteiger partial charge is 0.496 e. The van der Waals surface area contributed by atoms with Crippen molar-refractivity contribution < 1.29 is 22.7 Å². The van der Waals surface area contributed by atoms with Crippen molar-refractivity contribution in [2.75, 3.05) is 25.5 Å². The van der Waals surface area contributed by atoms with Crippen LogP contribution in [0.3, 0.4) is 0 Å². The Hall–Kier alpha value is -3.12. The van der Waals surface area contributed by atoms with Crippen molar-refractivity contribution in [2.45, 2.75) is 23.7 Å². The maximum atomic E-state index is 13.0. The summed E-state index contributed by atoms with van der Waals surface area (Å²) in [5.41, 5.74) is 2.57. The SMILES string of the molecule is COCCC(=O)NCc1cccc(Cn2nc(NS(=O)(=O)c3ccc(Cl)s3)c3c(OC)cccc32)c1. The van der Waals surface area contributed by atoms with E-state index in [9.17, 15) is 13.2 Å². The van der Waals surface area contributed by atoms with Gasteiger partial charge in [0.1, 0.15) is 9.96 Å².